The van der Waals surface area contributed by atoms with E-state index in [2.05, 4.69) is 124 Å². The van der Waals surface area contributed by atoms with Crippen LogP contribution in [0.4, 0.5) is 11.4 Å². The highest BCUT2D eigenvalue weighted by molar-refractivity contribution is 6.92. The molecule has 0 unspecified atom stereocenters. The van der Waals surface area contributed by atoms with Crippen LogP contribution < -0.4 is 15.7 Å². The maximum atomic E-state index is 4.21. The number of anilines is 2. The van der Waals surface area contributed by atoms with Crippen LogP contribution in [0, 0.1) is 0 Å². The van der Waals surface area contributed by atoms with Crippen molar-refractivity contribution in [2.45, 2.75) is 0 Å². The van der Waals surface area contributed by atoms with Crippen molar-refractivity contribution in [2.24, 2.45) is 0 Å². The smallest absolute Gasteiger partial charge is 0.329 e. The lowest BCUT2D eigenvalue weighted by atomic mass is 9.43. The summed E-state index contributed by atoms with van der Waals surface area (Å²) >= 11 is 0. The first-order valence-electron chi connectivity index (χ1n) is 12.9. The quantitative estimate of drug-likeness (QED) is 0.256. The standard InChI is InChI=1S/C34H22BN3/c1-3-7-31-27(5-1)29-21-25(23-13-17-36-18-14-23)9-11-33(29)38-34-12-10-26(24-15-19-37-20-16-24)22-30(34)28-6-2-4-8-32(28)35(31)38/h1-22H. The molecule has 2 aromatic heterocycles. The molecule has 0 fully saturated rings. The van der Waals surface area contributed by atoms with Gasteiger partial charge >= 0.3 is 6.85 Å². The third kappa shape index (κ3) is 3.10. The summed E-state index contributed by atoms with van der Waals surface area (Å²) in [4.78, 5) is 11.0. The molecule has 0 aliphatic carbocycles. The van der Waals surface area contributed by atoms with Crippen molar-refractivity contribution in [3.63, 3.8) is 0 Å². The zero-order valence-corrected chi connectivity index (χ0v) is 20.6. The van der Waals surface area contributed by atoms with E-state index in [0.29, 0.717) is 0 Å². The predicted octanol–water partition coefficient (Wildman–Crippen LogP) is 6.72. The molecule has 0 atom stereocenters. The fraction of sp³-hybridized carbons (Fsp3) is 0. The Labute approximate surface area is 222 Å². The molecule has 8 rings (SSSR count). The molecule has 0 N–H and O–H groups in total. The van der Waals surface area contributed by atoms with Gasteiger partial charge in [-0.05, 0) is 92.8 Å². The molecule has 3 nitrogen and oxygen atoms in total. The van der Waals surface area contributed by atoms with E-state index in [9.17, 15) is 0 Å². The largest absolute Gasteiger partial charge is 0.376 e. The van der Waals surface area contributed by atoms with Crippen LogP contribution in [-0.4, -0.2) is 16.8 Å². The average molecular weight is 483 g/mol. The van der Waals surface area contributed by atoms with E-state index in [1.807, 2.05) is 24.8 Å². The minimum absolute atomic E-state index is 0.112. The van der Waals surface area contributed by atoms with Crippen LogP contribution in [0.1, 0.15) is 0 Å². The van der Waals surface area contributed by atoms with Gasteiger partial charge in [-0.2, -0.15) is 0 Å². The first-order chi connectivity index (χ1) is 18.9. The van der Waals surface area contributed by atoms with Crippen molar-refractivity contribution in [3.05, 3.63) is 134 Å². The number of rotatable bonds is 2. The topological polar surface area (TPSA) is 29.0 Å². The molecular weight excluding hydrogens is 461 g/mol. The van der Waals surface area contributed by atoms with E-state index >= 15 is 0 Å². The molecule has 4 heterocycles. The summed E-state index contributed by atoms with van der Waals surface area (Å²) in [6.45, 7) is 0.112. The molecule has 176 valence electrons. The summed E-state index contributed by atoms with van der Waals surface area (Å²) < 4.78 is 0. The van der Waals surface area contributed by atoms with E-state index in [0.717, 1.165) is 0 Å². The van der Waals surface area contributed by atoms with E-state index in [-0.39, 0.29) is 6.85 Å². The van der Waals surface area contributed by atoms with Gasteiger partial charge in [-0.1, -0.05) is 60.7 Å². The van der Waals surface area contributed by atoms with Crippen molar-refractivity contribution < 1.29 is 0 Å². The van der Waals surface area contributed by atoms with Crippen molar-refractivity contribution in [1.29, 1.82) is 0 Å². The number of hydrogen-bond acceptors (Lipinski definition) is 3. The SMILES string of the molecule is c1ccc2c(c1)B1c3ccccc3-c3cc(-c4ccncc4)ccc3N1c1ccc(-c3ccncc3)cc1-2. The van der Waals surface area contributed by atoms with Crippen LogP contribution in [-0.2, 0) is 0 Å². The molecule has 0 spiro atoms. The Morgan fingerprint density at radius 2 is 0.868 bits per heavy atom. The van der Waals surface area contributed by atoms with Gasteiger partial charge in [-0.15, -0.1) is 0 Å². The summed E-state index contributed by atoms with van der Waals surface area (Å²) in [5, 5.41) is 0. The molecule has 0 bridgehead atoms. The normalized spacial score (nSPS) is 12.6. The molecule has 0 radical (unpaired) electrons. The maximum Gasteiger partial charge on any atom is 0.329 e. The van der Waals surface area contributed by atoms with Crippen molar-refractivity contribution in [3.8, 4) is 44.5 Å². The Kier molecular flexibility index (Phi) is 4.62. The second-order valence-corrected chi connectivity index (χ2v) is 9.88. The minimum Gasteiger partial charge on any atom is -0.376 e. The van der Waals surface area contributed by atoms with Gasteiger partial charge in [-0.25, -0.2) is 0 Å². The van der Waals surface area contributed by atoms with Gasteiger partial charge in [-0.3, -0.25) is 9.97 Å². The van der Waals surface area contributed by atoms with E-state index in [1.165, 1.54) is 66.8 Å². The van der Waals surface area contributed by atoms with Crippen LogP contribution in [0.3, 0.4) is 0 Å². The van der Waals surface area contributed by atoms with Crippen LogP contribution in [0.25, 0.3) is 44.5 Å². The van der Waals surface area contributed by atoms with Crippen LogP contribution >= 0.6 is 0 Å². The minimum atomic E-state index is 0.112. The second-order valence-electron chi connectivity index (χ2n) is 9.88. The molecule has 4 heteroatoms. The Balaban J connectivity index is 1.40. The van der Waals surface area contributed by atoms with Crippen LogP contribution in [0.15, 0.2) is 134 Å². The summed E-state index contributed by atoms with van der Waals surface area (Å²) in [6.07, 6.45) is 7.43. The summed E-state index contributed by atoms with van der Waals surface area (Å²) in [6, 6.07) is 39.8. The first kappa shape index (κ1) is 21.2. The lowest BCUT2D eigenvalue weighted by Gasteiger charge is -2.43. The van der Waals surface area contributed by atoms with Crippen molar-refractivity contribution >= 4 is 29.1 Å². The zero-order valence-electron chi connectivity index (χ0n) is 20.6. The van der Waals surface area contributed by atoms with Gasteiger partial charge < -0.3 is 4.81 Å². The monoisotopic (exact) mass is 483 g/mol. The molecule has 4 aromatic carbocycles. The molecule has 0 amide bonds. The zero-order chi connectivity index (χ0) is 25.1. The number of nitrogens with zero attached hydrogens (tertiary/aromatic N) is 3. The molecule has 2 aliphatic heterocycles. The Morgan fingerprint density at radius 1 is 0.421 bits per heavy atom. The highest BCUT2D eigenvalue weighted by Crippen LogP contribution is 2.47. The molecule has 38 heavy (non-hydrogen) atoms. The summed E-state index contributed by atoms with van der Waals surface area (Å²) in [5.41, 5.74) is 15.0. The lowest BCUT2D eigenvalue weighted by Crippen LogP contribution is -2.59. The molecular formula is C34H22BN3. The van der Waals surface area contributed by atoms with E-state index in [4.69, 9.17) is 0 Å². The van der Waals surface area contributed by atoms with Crippen molar-refractivity contribution in [1.82, 2.24) is 9.97 Å². The molecule has 0 saturated carbocycles. The average Bonchev–Trinajstić information content (AvgIpc) is 3.01. The second kappa shape index (κ2) is 8.29. The van der Waals surface area contributed by atoms with Gasteiger partial charge in [0.15, 0.2) is 0 Å². The Morgan fingerprint density at radius 3 is 1.34 bits per heavy atom. The summed E-state index contributed by atoms with van der Waals surface area (Å²) in [5.74, 6) is 0. The Hall–Kier alpha value is -4.96. The molecule has 6 aromatic rings. The van der Waals surface area contributed by atoms with Gasteiger partial charge in [0, 0.05) is 47.3 Å². The molecule has 2 aliphatic rings. The predicted molar refractivity (Wildman–Crippen MR) is 157 cm³/mol. The fourth-order valence-electron chi connectivity index (χ4n) is 6.19. The fourth-order valence-corrected chi connectivity index (χ4v) is 6.19. The number of fused-ring (bicyclic) bond motifs is 11. The van der Waals surface area contributed by atoms with Crippen LogP contribution in [0.5, 0.6) is 0 Å². The number of aromatic nitrogens is 2. The highest BCUT2D eigenvalue weighted by Gasteiger charge is 2.42. The first-order valence-corrected chi connectivity index (χ1v) is 12.9. The van der Waals surface area contributed by atoms with Crippen molar-refractivity contribution in [2.75, 3.05) is 4.81 Å². The third-order valence-electron chi connectivity index (χ3n) is 7.89. The Bertz CT molecular complexity index is 1700. The number of hydrogen-bond donors (Lipinski definition) is 0. The van der Waals surface area contributed by atoms with Gasteiger partial charge in [0.2, 0.25) is 0 Å². The van der Waals surface area contributed by atoms with E-state index in [1.54, 1.807) is 0 Å². The third-order valence-corrected chi connectivity index (χ3v) is 7.89. The van der Waals surface area contributed by atoms with Gasteiger partial charge in [0.05, 0.1) is 0 Å². The molecule has 0 saturated heterocycles. The summed E-state index contributed by atoms with van der Waals surface area (Å²) in [7, 11) is 0. The number of benzene rings is 4. The van der Waals surface area contributed by atoms with Gasteiger partial charge in [0.1, 0.15) is 0 Å². The van der Waals surface area contributed by atoms with E-state index < -0.39 is 0 Å². The van der Waals surface area contributed by atoms with Crippen LogP contribution in [0.2, 0.25) is 0 Å². The number of pyridine rings is 2. The van der Waals surface area contributed by atoms with Gasteiger partial charge in [0.25, 0.3) is 0 Å². The maximum absolute atomic E-state index is 4.21. The highest BCUT2D eigenvalue weighted by atomic mass is 15.1. The lowest BCUT2D eigenvalue weighted by molar-refractivity contribution is 1.32.